The summed E-state index contributed by atoms with van der Waals surface area (Å²) in [5.41, 5.74) is 4.75. The van der Waals surface area contributed by atoms with E-state index in [1.54, 1.807) is 14.0 Å². The molecular weight excluding hydrogens is 204 g/mol. The second-order valence-electron chi connectivity index (χ2n) is 4.63. The van der Waals surface area contributed by atoms with Crippen LogP contribution in [0.4, 0.5) is 0 Å². The highest BCUT2D eigenvalue weighted by atomic mass is 16.5. The van der Waals surface area contributed by atoms with Crippen LogP contribution < -0.4 is 5.73 Å². The minimum absolute atomic E-state index is 0.288. The maximum absolute atomic E-state index is 10.0. The first-order valence-electron chi connectivity index (χ1n) is 6.16. The molecule has 0 radical (unpaired) electrons. The molecule has 0 aliphatic heterocycles. The maximum Gasteiger partial charge on any atom is 0.0867 e. The smallest absolute Gasteiger partial charge is 0.0867 e. The van der Waals surface area contributed by atoms with Crippen molar-refractivity contribution in [3.63, 3.8) is 0 Å². The fourth-order valence-corrected chi connectivity index (χ4v) is 1.91. The fourth-order valence-electron chi connectivity index (χ4n) is 1.91. The third kappa shape index (κ3) is 5.80. The summed E-state index contributed by atoms with van der Waals surface area (Å²) >= 11 is 0. The van der Waals surface area contributed by atoms with Crippen molar-refractivity contribution < 1.29 is 9.84 Å². The lowest BCUT2D eigenvalue weighted by Gasteiger charge is -2.35. The van der Waals surface area contributed by atoms with Gasteiger partial charge in [-0.05, 0) is 19.8 Å². The van der Waals surface area contributed by atoms with Crippen LogP contribution in [-0.4, -0.2) is 55.0 Å². The number of nitrogens with zero attached hydrogens (tertiary/aromatic N) is 1. The molecule has 0 aromatic rings. The first kappa shape index (κ1) is 15.8. The van der Waals surface area contributed by atoms with Gasteiger partial charge in [0.25, 0.3) is 0 Å². The van der Waals surface area contributed by atoms with Crippen LogP contribution in [0.5, 0.6) is 0 Å². The van der Waals surface area contributed by atoms with Gasteiger partial charge in [0.05, 0.1) is 12.2 Å². The van der Waals surface area contributed by atoms with Gasteiger partial charge in [-0.1, -0.05) is 13.8 Å². The van der Waals surface area contributed by atoms with Crippen LogP contribution in [-0.2, 0) is 4.74 Å². The predicted octanol–water partition coefficient (Wildman–Crippen LogP) is 0.833. The van der Waals surface area contributed by atoms with Gasteiger partial charge in [0.1, 0.15) is 0 Å². The second kappa shape index (κ2) is 8.01. The summed E-state index contributed by atoms with van der Waals surface area (Å²) < 4.78 is 5.11. The summed E-state index contributed by atoms with van der Waals surface area (Å²) in [6.07, 6.45) is 2.17. The van der Waals surface area contributed by atoms with E-state index in [2.05, 4.69) is 18.7 Å². The molecule has 0 saturated heterocycles. The van der Waals surface area contributed by atoms with E-state index in [0.29, 0.717) is 19.2 Å². The summed E-state index contributed by atoms with van der Waals surface area (Å²) in [6, 6.07) is 0.494. The molecule has 0 aliphatic carbocycles. The molecule has 0 bridgehead atoms. The van der Waals surface area contributed by atoms with E-state index < -0.39 is 5.60 Å². The van der Waals surface area contributed by atoms with Crippen LogP contribution >= 0.6 is 0 Å². The number of aliphatic hydroxyl groups is 1. The quantitative estimate of drug-likeness (QED) is 0.618. The first-order valence-corrected chi connectivity index (χ1v) is 6.16. The molecule has 1 atom stereocenters. The van der Waals surface area contributed by atoms with Gasteiger partial charge in [-0.3, -0.25) is 4.90 Å². The van der Waals surface area contributed by atoms with Crippen molar-refractivity contribution in [2.75, 3.05) is 33.4 Å². The van der Waals surface area contributed by atoms with Crippen molar-refractivity contribution in [1.29, 1.82) is 0 Å². The molecule has 0 heterocycles. The Labute approximate surface area is 99.8 Å². The highest BCUT2D eigenvalue weighted by molar-refractivity contribution is 4.81. The molecule has 98 valence electrons. The average molecular weight is 232 g/mol. The van der Waals surface area contributed by atoms with Gasteiger partial charge in [-0.25, -0.2) is 0 Å². The van der Waals surface area contributed by atoms with Crippen molar-refractivity contribution in [2.24, 2.45) is 5.73 Å². The summed E-state index contributed by atoms with van der Waals surface area (Å²) in [4.78, 5) is 2.27. The standard InChI is InChI=1S/C12H28N2O2/c1-5-11(6-2)14(7-8-16-4)10-12(3,15)9-13/h11,15H,5-10,13H2,1-4H3. The van der Waals surface area contributed by atoms with Crippen LogP contribution in [0.1, 0.15) is 33.6 Å². The molecule has 1 unspecified atom stereocenters. The lowest BCUT2D eigenvalue weighted by Crippen LogP contribution is -2.50. The van der Waals surface area contributed by atoms with Crippen LogP contribution in [0.3, 0.4) is 0 Å². The van der Waals surface area contributed by atoms with Crippen LogP contribution in [0.25, 0.3) is 0 Å². The SMILES string of the molecule is CCC(CC)N(CCOC)CC(C)(O)CN. The van der Waals surface area contributed by atoms with E-state index in [1.807, 2.05) is 0 Å². The Hall–Kier alpha value is -0.160. The van der Waals surface area contributed by atoms with Crippen LogP contribution in [0, 0.1) is 0 Å². The monoisotopic (exact) mass is 232 g/mol. The third-order valence-corrected chi connectivity index (χ3v) is 3.02. The molecule has 0 aliphatic rings. The summed E-state index contributed by atoms with van der Waals surface area (Å²) in [7, 11) is 1.70. The van der Waals surface area contributed by atoms with E-state index in [1.165, 1.54) is 0 Å². The van der Waals surface area contributed by atoms with Crippen molar-refractivity contribution in [2.45, 2.75) is 45.3 Å². The van der Waals surface area contributed by atoms with Crippen molar-refractivity contribution in [3.8, 4) is 0 Å². The van der Waals surface area contributed by atoms with Gasteiger partial charge in [-0.15, -0.1) is 0 Å². The van der Waals surface area contributed by atoms with E-state index in [0.717, 1.165) is 19.4 Å². The Morgan fingerprint density at radius 2 is 1.94 bits per heavy atom. The lowest BCUT2D eigenvalue weighted by atomic mass is 10.0. The zero-order valence-corrected chi connectivity index (χ0v) is 11.2. The molecule has 3 N–H and O–H groups in total. The number of ether oxygens (including phenoxy) is 1. The van der Waals surface area contributed by atoms with E-state index >= 15 is 0 Å². The minimum atomic E-state index is -0.809. The summed E-state index contributed by atoms with van der Waals surface area (Å²) in [5.74, 6) is 0. The van der Waals surface area contributed by atoms with Gasteiger partial charge >= 0.3 is 0 Å². The topological polar surface area (TPSA) is 58.7 Å². The second-order valence-corrected chi connectivity index (χ2v) is 4.63. The summed E-state index contributed by atoms with van der Waals surface area (Å²) in [5, 5.41) is 10.0. The van der Waals surface area contributed by atoms with Crippen LogP contribution in [0.15, 0.2) is 0 Å². The van der Waals surface area contributed by atoms with Gasteiger partial charge in [-0.2, -0.15) is 0 Å². The minimum Gasteiger partial charge on any atom is -0.388 e. The number of rotatable bonds is 9. The van der Waals surface area contributed by atoms with Gasteiger partial charge in [0.15, 0.2) is 0 Å². The zero-order chi connectivity index (χ0) is 12.6. The van der Waals surface area contributed by atoms with Crippen molar-refractivity contribution in [3.05, 3.63) is 0 Å². The molecule has 0 aromatic heterocycles. The fraction of sp³-hybridized carbons (Fsp3) is 1.00. The zero-order valence-electron chi connectivity index (χ0n) is 11.2. The molecule has 16 heavy (non-hydrogen) atoms. The molecule has 0 rings (SSSR count). The number of hydrogen-bond acceptors (Lipinski definition) is 4. The Morgan fingerprint density at radius 1 is 1.38 bits per heavy atom. The normalized spacial score (nSPS) is 15.8. The third-order valence-electron chi connectivity index (χ3n) is 3.02. The largest absolute Gasteiger partial charge is 0.388 e. The summed E-state index contributed by atoms with van der Waals surface area (Å²) in [6.45, 7) is 8.57. The van der Waals surface area contributed by atoms with Crippen molar-refractivity contribution in [1.82, 2.24) is 4.90 Å². The molecular formula is C12H28N2O2. The Kier molecular flexibility index (Phi) is 7.93. The van der Waals surface area contributed by atoms with E-state index in [9.17, 15) is 5.11 Å². The Bertz CT molecular complexity index is 170. The van der Waals surface area contributed by atoms with E-state index in [-0.39, 0.29) is 6.54 Å². The number of methoxy groups -OCH3 is 1. The first-order chi connectivity index (χ1) is 7.50. The van der Waals surface area contributed by atoms with Gasteiger partial charge in [0.2, 0.25) is 0 Å². The van der Waals surface area contributed by atoms with E-state index in [4.69, 9.17) is 10.5 Å². The van der Waals surface area contributed by atoms with Crippen molar-refractivity contribution >= 4 is 0 Å². The number of hydrogen-bond donors (Lipinski definition) is 2. The molecule has 0 fully saturated rings. The molecule has 0 spiro atoms. The number of nitrogens with two attached hydrogens (primary N) is 1. The highest BCUT2D eigenvalue weighted by Gasteiger charge is 2.25. The molecule has 0 aromatic carbocycles. The molecule has 4 nitrogen and oxygen atoms in total. The van der Waals surface area contributed by atoms with Gasteiger partial charge in [0, 0.05) is 32.8 Å². The van der Waals surface area contributed by atoms with Crippen LogP contribution in [0.2, 0.25) is 0 Å². The molecule has 0 amide bonds. The lowest BCUT2D eigenvalue weighted by molar-refractivity contribution is 0.00269. The predicted molar refractivity (Wildman–Crippen MR) is 67.5 cm³/mol. The Morgan fingerprint density at radius 3 is 2.31 bits per heavy atom. The maximum atomic E-state index is 10.0. The molecule has 4 heteroatoms. The molecule has 0 saturated carbocycles. The Balaban J connectivity index is 4.40. The van der Waals surface area contributed by atoms with Gasteiger partial charge < -0.3 is 15.6 Å². The highest BCUT2D eigenvalue weighted by Crippen LogP contribution is 2.13. The average Bonchev–Trinajstić information content (AvgIpc) is 2.27.